The minimum absolute atomic E-state index is 0.0992. The van der Waals surface area contributed by atoms with Gasteiger partial charge in [-0.05, 0) is 6.42 Å². The van der Waals surface area contributed by atoms with Crippen molar-refractivity contribution in [1.29, 1.82) is 0 Å². The van der Waals surface area contributed by atoms with Crippen LogP contribution in [0.5, 0.6) is 0 Å². The zero-order chi connectivity index (χ0) is 10.0. The molecule has 1 aliphatic heterocycles. The summed E-state index contributed by atoms with van der Waals surface area (Å²) in [7, 11) is 0. The van der Waals surface area contributed by atoms with Crippen molar-refractivity contribution in [3.63, 3.8) is 0 Å². The van der Waals surface area contributed by atoms with Crippen molar-refractivity contribution in [2.75, 3.05) is 6.61 Å². The molecule has 0 spiro atoms. The lowest BCUT2D eigenvalue weighted by Crippen LogP contribution is -2.57. The molecule has 5 N–H and O–H groups in total. The maximum Gasteiger partial charge on any atom is 0.183 e. The van der Waals surface area contributed by atoms with Gasteiger partial charge in [0.15, 0.2) is 6.29 Å². The summed E-state index contributed by atoms with van der Waals surface area (Å²) in [4.78, 5) is 0. The first kappa shape index (κ1) is 10.8. The molecule has 0 aromatic carbocycles. The fourth-order valence-electron chi connectivity index (χ4n) is 1.30. The first-order valence-electron chi connectivity index (χ1n) is 4.06. The monoisotopic (exact) mass is 194 g/mol. The van der Waals surface area contributed by atoms with E-state index in [0.29, 0.717) is 0 Å². The molecule has 1 fully saturated rings. The Labute approximate surface area is 75.0 Å². The molecular formula is C7H14O6. The Morgan fingerprint density at radius 3 is 2.08 bits per heavy atom. The van der Waals surface area contributed by atoms with E-state index >= 15 is 0 Å². The standard InChI is InChI=1S/C7H14O6/c8-2-1-3-4(9)5(10)6(11)7(12)13-3/h3-12H,1-2H2/t3-,4+,5+,6-,7?/m1/s1. The maximum absolute atomic E-state index is 9.30. The first-order chi connectivity index (χ1) is 6.07. The second kappa shape index (κ2) is 4.32. The molecule has 1 aliphatic rings. The molecule has 0 amide bonds. The minimum Gasteiger partial charge on any atom is -0.396 e. The molecule has 78 valence electrons. The van der Waals surface area contributed by atoms with E-state index in [1.165, 1.54) is 0 Å². The smallest absolute Gasteiger partial charge is 0.183 e. The topological polar surface area (TPSA) is 110 Å². The lowest BCUT2D eigenvalue weighted by atomic mass is 9.97. The summed E-state index contributed by atoms with van der Waals surface area (Å²) < 4.78 is 4.76. The van der Waals surface area contributed by atoms with E-state index in [9.17, 15) is 10.2 Å². The van der Waals surface area contributed by atoms with E-state index in [1.807, 2.05) is 0 Å². The summed E-state index contributed by atoms with van der Waals surface area (Å²) in [6.45, 7) is -0.225. The van der Waals surface area contributed by atoms with Crippen LogP contribution >= 0.6 is 0 Å². The molecule has 0 saturated carbocycles. The maximum atomic E-state index is 9.30. The lowest BCUT2D eigenvalue weighted by molar-refractivity contribution is -0.283. The fraction of sp³-hybridized carbons (Fsp3) is 1.00. The van der Waals surface area contributed by atoms with Crippen molar-refractivity contribution < 1.29 is 30.3 Å². The van der Waals surface area contributed by atoms with Crippen LogP contribution in [0.2, 0.25) is 0 Å². The molecule has 1 unspecified atom stereocenters. The van der Waals surface area contributed by atoms with Crippen LogP contribution in [0.25, 0.3) is 0 Å². The predicted molar refractivity (Wildman–Crippen MR) is 40.6 cm³/mol. The van der Waals surface area contributed by atoms with Crippen LogP contribution < -0.4 is 0 Å². The largest absolute Gasteiger partial charge is 0.396 e. The van der Waals surface area contributed by atoms with E-state index < -0.39 is 30.7 Å². The third-order valence-electron chi connectivity index (χ3n) is 2.10. The molecule has 0 bridgehead atoms. The Hall–Kier alpha value is -0.240. The number of hydrogen-bond donors (Lipinski definition) is 5. The van der Waals surface area contributed by atoms with Crippen molar-refractivity contribution >= 4 is 0 Å². The molecule has 0 aromatic heterocycles. The van der Waals surface area contributed by atoms with Crippen molar-refractivity contribution in [2.45, 2.75) is 37.1 Å². The highest BCUT2D eigenvalue weighted by molar-refractivity contribution is 4.88. The SMILES string of the molecule is OCC[C@H]1OC(O)[C@H](O)[C@@H](O)[C@H]1O. The van der Waals surface area contributed by atoms with Gasteiger partial charge >= 0.3 is 0 Å². The van der Waals surface area contributed by atoms with Gasteiger partial charge in [-0.15, -0.1) is 0 Å². The molecule has 1 heterocycles. The van der Waals surface area contributed by atoms with Crippen LogP contribution in [0.3, 0.4) is 0 Å². The van der Waals surface area contributed by atoms with Crippen molar-refractivity contribution in [3.05, 3.63) is 0 Å². The molecule has 6 heteroatoms. The number of aliphatic hydroxyl groups excluding tert-OH is 5. The van der Waals surface area contributed by atoms with Gasteiger partial charge in [0.1, 0.15) is 18.3 Å². The van der Waals surface area contributed by atoms with E-state index in [4.69, 9.17) is 20.1 Å². The molecule has 1 saturated heterocycles. The van der Waals surface area contributed by atoms with Crippen LogP contribution in [0.4, 0.5) is 0 Å². The van der Waals surface area contributed by atoms with E-state index in [2.05, 4.69) is 0 Å². The number of rotatable bonds is 2. The average Bonchev–Trinajstić information content (AvgIpc) is 2.11. The Balaban J connectivity index is 2.59. The van der Waals surface area contributed by atoms with Gasteiger partial charge in [0, 0.05) is 6.61 Å². The van der Waals surface area contributed by atoms with Gasteiger partial charge in [0.05, 0.1) is 6.10 Å². The highest BCUT2D eigenvalue weighted by Gasteiger charge is 2.42. The summed E-state index contributed by atoms with van der Waals surface area (Å²) >= 11 is 0. The van der Waals surface area contributed by atoms with Gasteiger partial charge in [-0.1, -0.05) is 0 Å². The lowest BCUT2D eigenvalue weighted by Gasteiger charge is -2.38. The van der Waals surface area contributed by atoms with Gasteiger partial charge in [0.2, 0.25) is 0 Å². The number of hydrogen-bond acceptors (Lipinski definition) is 6. The average molecular weight is 194 g/mol. The number of aliphatic hydroxyl groups is 5. The van der Waals surface area contributed by atoms with Gasteiger partial charge in [-0.2, -0.15) is 0 Å². The molecule has 0 radical (unpaired) electrons. The van der Waals surface area contributed by atoms with E-state index in [0.717, 1.165) is 0 Å². The van der Waals surface area contributed by atoms with Crippen molar-refractivity contribution in [3.8, 4) is 0 Å². The zero-order valence-electron chi connectivity index (χ0n) is 6.95. The summed E-state index contributed by atoms with van der Waals surface area (Å²) in [6.07, 6.45) is -6.51. The van der Waals surface area contributed by atoms with E-state index in [1.54, 1.807) is 0 Å². The molecule has 13 heavy (non-hydrogen) atoms. The molecule has 1 rings (SSSR count). The Morgan fingerprint density at radius 1 is 0.923 bits per heavy atom. The van der Waals surface area contributed by atoms with Crippen LogP contribution in [0.1, 0.15) is 6.42 Å². The highest BCUT2D eigenvalue weighted by Crippen LogP contribution is 2.21. The number of ether oxygens (including phenoxy) is 1. The Bertz CT molecular complexity index is 163. The fourth-order valence-corrected chi connectivity index (χ4v) is 1.30. The minimum atomic E-state index is -1.52. The van der Waals surface area contributed by atoms with Crippen molar-refractivity contribution in [1.82, 2.24) is 0 Å². The first-order valence-corrected chi connectivity index (χ1v) is 4.06. The molecule has 6 nitrogen and oxygen atoms in total. The van der Waals surface area contributed by atoms with Crippen LogP contribution in [-0.2, 0) is 4.74 Å². The summed E-state index contributed by atoms with van der Waals surface area (Å²) in [5.41, 5.74) is 0. The normalized spacial score (nSPS) is 46.4. The molecule has 0 aromatic rings. The third kappa shape index (κ3) is 2.16. The zero-order valence-corrected chi connectivity index (χ0v) is 6.95. The van der Waals surface area contributed by atoms with Gasteiger partial charge in [0.25, 0.3) is 0 Å². The van der Waals surface area contributed by atoms with Gasteiger partial charge < -0.3 is 30.3 Å². The second-order valence-electron chi connectivity index (χ2n) is 3.05. The van der Waals surface area contributed by atoms with E-state index in [-0.39, 0.29) is 13.0 Å². The van der Waals surface area contributed by atoms with Crippen LogP contribution in [-0.4, -0.2) is 62.8 Å². The highest BCUT2D eigenvalue weighted by atomic mass is 16.6. The summed E-state index contributed by atoms with van der Waals surface area (Å²) in [5.74, 6) is 0. The van der Waals surface area contributed by atoms with Gasteiger partial charge in [-0.3, -0.25) is 0 Å². The Kier molecular flexibility index (Phi) is 3.60. The van der Waals surface area contributed by atoms with Crippen LogP contribution in [0, 0.1) is 0 Å². The second-order valence-corrected chi connectivity index (χ2v) is 3.05. The predicted octanol–water partition coefficient (Wildman–Crippen LogP) is -2.83. The Morgan fingerprint density at radius 2 is 1.54 bits per heavy atom. The molecule has 5 atom stereocenters. The molecular weight excluding hydrogens is 180 g/mol. The third-order valence-corrected chi connectivity index (χ3v) is 2.10. The quantitative estimate of drug-likeness (QED) is 0.324. The van der Waals surface area contributed by atoms with Crippen molar-refractivity contribution in [2.24, 2.45) is 0 Å². The molecule has 0 aliphatic carbocycles. The van der Waals surface area contributed by atoms with Gasteiger partial charge in [-0.25, -0.2) is 0 Å². The van der Waals surface area contributed by atoms with Crippen LogP contribution in [0.15, 0.2) is 0 Å². The summed E-state index contributed by atoms with van der Waals surface area (Å²) in [6, 6.07) is 0. The summed E-state index contributed by atoms with van der Waals surface area (Å²) in [5, 5.41) is 45.1.